The Balaban J connectivity index is 1.55. The predicted octanol–water partition coefficient (Wildman–Crippen LogP) is 8.51. The number of nitrogens with one attached hydrogen (secondary N) is 2. The fraction of sp³-hybridized carbons (Fsp3) is 0.0769. The zero-order valence-electron chi connectivity index (χ0n) is 17.0. The van der Waals surface area contributed by atoms with E-state index in [2.05, 4.69) is 97.5 Å². The Bertz CT molecular complexity index is 1310. The van der Waals surface area contributed by atoms with Crippen molar-refractivity contribution in [3.05, 3.63) is 84.1 Å². The maximum atomic E-state index is 3.98. The summed E-state index contributed by atoms with van der Waals surface area (Å²) in [5.41, 5.74) is 6.96. The number of hydrogen-bond acceptors (Lipinski definition) is 3. The van der Waals surface area contributed by atoms with Crippen LogP contribution < -0.4 is 5.32 Å². The molecular formula is C26H22N2S2. The quantitative estimate of drug-likeness (QED) is 0.302. The summed E-state index contributed by atoms with van der Waals surface area (Å²) >= 11 is 3.70. The van der Waals surface area contributed by atoms with Crippen LogP contribution in [0.5, 0.6) is 0 Å². The summed E-state index contributed by atoms with van der Waals surface area (Å²) in [6.45, 7) is 8.17. The number of fused-ring (bicyclic) bond motifs is 4. The summed E-state index contributed by atoms with van der Waals surface area (Å²) in [6.07, 6.45) is 6.17. The molecule has 5 rings (SSSR count). The first-order valence-corrected chi connectivity index (χ1v) is 11.6. The minimum Gasteiger partial charge on any atom is -0.355 e. The smallest absolute Gasteiger partial charge is 0.0477 e. The molecule has 2 nitrogen and oxygen atoms in total. The molecule has 0 aliphatic carbocycles. The molecule has 148 valence electrons. The van der Waals surface area contributed by atoms with Gasteiger partial charge in [0.2, 0.25) is 0 Å². The summed E-state index contributed by atoms with van der Waals surface area (Å²) in [6, 6.07) is 19.4. The Hall–Kier alpha value is -2.82. The van der Waals surface area contributed by atoms with Crippen LogP contribution in [-0.4, -0.2) is 4.98 Å². The second kappa shape index (κ2) is 7.78. The van der Waals surface area contributed by atoms with E-state index in [4.69, 9.17) is 0 Å². The van der Waals surface area contributed by atoms with Gasteiger partial charge in [-0.05, 0) is 61.9 Å². The largest absolute Gasteiger partial charge is 0.355 e. The molecule has 3 aromatic carbocycles. The van der Waals surface area contributed by atoms with E-state index in [0.29, 0.717) is 0 Å². The zero-order valence-corrected chi connectivity index (χ0v) is 18.6. The molecule has 0 unspecified atom stereocenters. The molecule has 0 spiro atoms. The summed E-state index contributed by atoms with van der Waals surface area (Å²) in [7, 11) is 0. The average molecular weight is 427 g/mol. The average Bonchev–Trinajstić information content (AvgIpc) is 3.12. The van der Waals surface area contributed by atoms with Gasteiger partial charge in [-0.2, -0.15) is 0 Å². The highest BCUT2D eigenvalue weighted by atomic mass is 32.2. The van der Waals surface area contributed by atoms with Gasteiger partial charge in [-0.1, -0.05) is 60.5 Å². The molecule has 0 saturated heterocycles. The lowest BCUT2D eigenvalue weighted by Crippen LogP contribution is -1.95. The number of anilines is 2. The number of hydrogen-bond donors (Lipinski definition) is 2. The number of para-hydroxylation sites is 1. The van der Waals surface area contributed by atoms with Gasteiger partial charge >= 0.3 is 0 Å². The van der Waals surface area contributed by atoms with Crippen LogP contribution in [0.4, 0.5) is 11.4 Å². The van der Waals surface area contributed by atoms with Crippen LogP contribution in [0.1, 0.15) is 23.7 Å². The molecule has 1 aliphatic rings. The van der Waals surface area contributed by atoms with Crippen LogP contribution in [0.2, 0.25) is 0 Å². The fourth-order valence-corrected chi connectivity index (χ4v) is 6.24. The van der Waals surface area contributed by atoms with Crippen LogP contribution in [0.15, 0.2) is 86.8 Å². The van der Waals surface area contributed by atoms with Crippen molar-refractivity contribution in [2.75, 3.05) is 5.32 Å². The van der Waals surface area contributed by atoms with Crippen LogP contribution >= 0.6 is 23.5 Å². The lowest BCUT2D eigenvalue weighted by Gasteiger charge is -2.20. The maximum absolute atomic E-state index is 3.98. The molecule has 1 aromatic heterocycles. The second-order valence-corrected chi connectivity index (χ2v) is 9.41. The number of benzene rings is 3. The molecule has 0 amide bonds. The molecule has 0 saturated carbocycles. The highest BCUT2D eigenvalue weighted by Gasteiger charge is 2.22. The van der Waals surface area contributed by atoms with E-state index in [9.17, 15) is 0 Å². The van der Waals surface area contributed by atoms with Crippen LogP contribution in [0, 0.1) is 6.92 Å². The number of H-pyrrole nitrogens is 1. The van der Waals surface area contributed by atoms with E-state index in [1.165, 1.54) is 36.1 Å². The van der Waals surface area contributed by atoms with E-state index < -0.39 is 0 Å². The van der Waals surface area contributed by atoms with Crippen molar-refractivity contribution in [3.63, 3.8) is 0 Å². The maximum Gasteiger partial charge on any atom is 0.0477 e. The highest BCUT2D eigenvalue weighted by molar-refractivity contribution is 8.05. The van der Waals surface area contributed by atoms with Crippen LogP contribution in [0.25, 0.3) is 23.1 Å². The second-order valence-electron chi connectivity index (χ2n) is 7.28. The Morgan fingerprint density at radius 1 is 0.967 bits per heavy atom. The van der Waals surface area contributed by atoms with Gasteiger partial charge < -0.3 is 10.3 Å². The molecule has 4 heteroatoms. The number of allylic oxidation sites excluding steroid dienone is 1. The number of aromatic nitrogens is 1. The van der Waals surface area contributed by atoms with Crippen molar-refractivity contribution in [2.24, 2.45) is 0 Å². The Kier molecular flexibility index (Phi) is 4.97. The molecule has 2 heterocycles. The lowest BCUT2D eigenvalue weighted by atomic mass is 10.1. The molecule has 0 atom stereocenters. The third-order valence-electron chi connectivity index (χ3n) is 5.29. The standard InChI is InChI=1S/C26H22N2S2/c1-4-8-18-19(5-2)28-21-12-14-23-26(25(18)21)30-22-13-11-17(15-24(22)29-23)27-20-10-7-6-9-16(20)3/h4-15,27-28H,2H2,1,3H3/b8-4-. The van der Waals surface area contributed by atoms with Gasteiger partial charge in [-0.25, -0.2) is 0 Å². The number of rotatable bonds is 4. The van der Waals surface area contributed by atoms with Crippen LogP contribution in [0.3, 0.4) is 0 Å². The summed E-state index contributed by atoms with van der Waals surface area (Å²) in [4.78, 5) is 8.72. The van der Waals surface area contributed by atoms with E-state index in [0.717, 1.165) is 22.6 Å². The number of aryl methyl sites for hydroxylation is 1. The van der Waals surface area contributed by atoms with Gasteiger partial charge in [0, 0.05) is 53.1 Å². The van der Waals surface area contributed by atoms with Gasteiger partial charge in [0.05, 0.1) is 0 Å². The molecule has 1 aliphatic heterocycles. The van der Waals surface area contributed by atoms with E-state index in [-0.39, 0.29) is 0 Å². The van der Waals surface area contributed by atoms with Gasteiger partial charge in [0.15, 0.2) is 0 Å². The Labute approximate surface area is 185 Å². The predicted molar refractivity (Wildman–Crippen MR) is 132 cm³/mol. The highest BCUT2D eigenvalue weighted by Crippen LogP contribution is 2.52. The molecule has 0 radical (unpaired) electrons. The van der Waals surface area contributed by atoms with Gasteiger partial charge in [-0.15, -0.1) is 0 Å². The molecular weight excluding hydrogens is 404 g/mol. The van der Waals surface area contributed by atoms with Crippen molar-refractivity contribution >= 4 is 58.0 Å². The van der Waals surface area contributed by atoms with Crippen molar-refractivity contribution in [1.82, 2.24) is 4.98 Å². The third-order valence-corrected chi connectivity index (χ3v) is 7.87. The molecule has 2 N–H and O–H groups in total. The topological polar surface area (TPSA) is 27.8 Å². The van der Waals surface area contributed by atoms with E-state index in [1.54, 1.807) is 0 Å². The first-order valence-electron chi connectivity index (χ1n) is 9.94. The van der Waals surface area contributed by atoms with Crippen molar-refractivity contribution in [1.29, 1.82) is 0 Å². The molecule has 0 fully saturated rings. The summed E-state index contributed by atoms with van der Waals surface area (Å²) in [5, 5.41) is 4.85. The Morgan fingerprint density at radius 3 is 2.60 bits per heavy atom. The summed E-state index contributed by atoms with van der Waals surface area (Å²) in [5.74, 6) is 0. The normalized spacial score (nSPS) is 12.7. The summed E-state index contributed by atoms with van der Waals surface area (Å²) < 4.78 is 0. The first kappa shape index (κ1) is 19.2. The van der Waals surface area contributed by atoms with E-state index in [1.807, 2.05) is 29.6 Å². The minimum absolute atomic E-state index is 1.07. The molecule has 4 aromatic rings. The van der Waals surface area contributed by atoms with Gasteiger partial charge in [-0.3, -0.25) is 0 Å². The SMILES string of the molecule is C=Cc1[nH]c2ccc3c(c2c1/C=C\C)Sc1ccc(Nc2ccccc2C)cc1S3. The minimum atomic E-state index is 1.07. The lowest BCUT2D eigenvalue weighted by molar-refractivity contribution is 1.18. The fourth-order valence-electron chi connectivity index (χ4n) is 3.81. The molecule has 30 heavy (non-hydrogen) atoms. The van der Waals surface area contributed by atoms with E-state index >= 15 is 0 Å². The zero-order chi connectivity index (χ0) is 20.7. The first-order chi connectivity index (χ1) is 14.7. The van der Waals surface area contributed by atoms with Crippen molar-refractivity contribution in [3.8, 4) is 0 Å². The Morgan fingerprint density at radius 2 is 1.80 bits per heavy atom. The van der Waals surface area contributed by atoms with Gasteiger partial charge in [0.25, 0.3) is 0 Å². The monoisotopic (exact) mass is 426 g/mol. The third kappa shape index (κ3) is 3.26. The van der Waals surface area contributed by atoms with Crippen molar-refractivity contribution in [2.45, 2.75) is 33.4 Å². The number of aromatic amines is 1. The van der Waals surface area contributed by atoms with Crippen molar-refractivity contribution < 1.29 is 0 Å². The van der Waals surface area contributed by atoms with Crippen LogP contribution in [-0.2, 0) is 0 Å². The van der Waals surface area contributed by atoms with Gasteiger partial charge in [0.1, 0.15) is 0 Å². The molecule has 0 bridgehead atoms.